The van der Waals surface area contributed by atoms with Gasteiger partial charge in [0.2, 0.25) is 0 Å². The van der Waals surface area contributed by atoms with E-state index in [1.807, 2.05) is 6.07 Å². The van der Waals surface area contributed by atoms with Gasteiger partial charge < -0.3 is 4.57 Å². The number of aryl methyl sites for hydroxylation is 1. The summed E-state index contributed by atoms with van der Waals surface area (Å²) in [4.78, 5) is 0. The first-order chi connectivity index (χ1) is 8.66. The molecule has 0 saturated heterocycles. The Morgan fingerprint density at radius 3 is 2.39 bits per heavy atom. The van der Waals surface area contributed by atoms with Crippen molar-refractivity contribution >= 4 is 42.8 Å². The van der Waals surface area contributed by atoms with E-state index in [-0.39, 0.29) is 0 Å². The molecule has 0 bridgehead atoms. The van der Waals surface area contributed by atoms with E-state index < -0.39 is 0 Å². The number of nitrogens with zero attached hydrogens (tertiary/aromatic N) is 1. The molecule has 0 unspecified atom stereocenters. The number of rotatable bonds is 1. The molecule has 1 aromatic heterocycles. The minimum atomic E-state index is 1.09. The summed E-state index contributed by atoms with van der Waals surface area (Å²) < 4.78 is 4.42. The predicted octanol–water partition coefficient (Wildman–Crippen LogP) is 5.37. The molecule has 0 radical (unpaired) electrons. The zero-order valence-corrected chi connectivity index (χ0v) is 13.0. The van der Waals surface area contributed by atoms with Crippen molar-refractivity contribution in [2.75, 3.05) is 0 Å². The van der Waals surface area contributed by atoms with Crippen LogP contribution in [0.4, 0.5) is 0 Å². The largest absolute Gasteiger partial charge is 0.343 e. The molecule has 1 heterocycles. The SMILES string of the molecule is Cn1c(-c2ccccc2)cc2cc(Br)cc(Br)c21. The minimum Gasteiger partial charge on any atom is -0.343 e. The van der Waals surface area contributed by atoms with Crippen LogP contribution in [-0.2, 0) is 7.05 Å². The third kappa shape index (κ3) is 1.91. The Balaban J connectivity index is 2.33. The molecule has 18 heavy (non-hydrogen) atoms. The molecule has 0 saturated carbocycles. The van der Waals surface area contributed by atoms with Crippen LogP contribution >= 0.6 is 31.9 Å². The Labute approximate surface area is 123 Å². The van der Waals surface area contributed by atoms with Gasteiger partial charge in [-0.3, -0.25) is 0 Å². The molecule has 0 aliphatic rings. The van der Waals surface area contributed by atoms with Gasteiger partial charge in [0.1, 0.15) is 0 Å². The van der Waals surface area contributed by atoms with E-state index in [2.05, 4.69) is 85.9 Å². The van der Waals surface area contributed by atoms with Crippen LogP contribution in [0.25, 0.3) is 22.2 Å². The lowest BCUT2D eigenvalue weighted by Crippen LogP contribution is -1.91. The molecule has 0 atom stereocenters. The fraction of sp³-hybridized carbons (Fsp3) is 0.0667. The lowest BCUT2D eigenvalue weighted by atomic mass is 10.1. The first-order valence-electron chi connectivity index (χ1n) is 5.67. The number of hydrogen-bond donors (Lipinski definition) is 0. The van der Waals surface area contributed by atoms with Crippen molar-refractivity contribution in [3.8, 4) is 11.3 Å². The van der Waals surface area contributed by atoms with Crippen LogP contribution in [0.3, 0.4) is 0 Å². The van der Waals surface area contributed by atoms with Crippen LogP contribution in [-0.4, -0.2) is 4.57 Å². The van der Waals surface area contributed by atoms with Crippen molar-refractivity contribution in [3.63, 3.8) is 0 Å². The van der Waals surface area contributed by atoms with Crippen LogP contribution in [0, 0.1) is 0 Å². The summed E-state index contributed by atoms with van der Waals surface area (Å²) in [5, 5.41) is 1.23. The monoisotopic (exact) mass is 363 g/mol. The molecular weight excluding hydrogens is 354 g/mol. The first-order valence-corrected chi connectivity index (χ1v) is 7.25. The maximum absolute atomic E-state index is 3.63. The van der Waals surface area contributed by atoms with Crippen molar-refractivity contribution in [1.82, 2.24) is 4.57 Å². The highest BCUT2D eigenvalue weighted by Crippen LogP contribution is 2.34. The maximum atomic E-state index is 3.63. The Hall–Kier alpha value is -1.06. The van der Waals surface area contributed by atoms with E-state index in [0.29, 0.717) is 0 Å². The molecule has 1 nitrogen and oxygen atoms in total. The highest BCUT2D eigenvalue weighted by Gasteiger charge is 2.10. The summed E-state index contributed by atoms with van der Waals surface area (Å²) in [6, 6.07) is 16.9. The fourth-order valence-electron chi connectivity index (χ4n) is 2.30. The van der Waals surface area contributed by atoms with Gasteiger partial charge in [-0.2, -0.15) is 0 Å². The maximum Gasteiger partial charge on any atom is 0.0627 e. The van der Waals surface area contributed by atoms with E-state index >= 15 is 0 Å². The molecule has 2 aromatic carbocycles. The quantitative estimate of drug-likeness (QED) is 0.547. The molecule has 90 valence electrons. The van der Waals surface area contributed by atoms with Gasteiger partial charge >= 0.3 is 0 Å². The van der Waals surface area contributed by atoms with Gasteiger partial charge in [0.25, 0.3) is 0 Å². The smallest absolute Gasteiger partial charge is 0.0627 e. The van der Waals surface area contributed by atoms with E-state index in [1.165, 1.54) is 22.2 Å². The van der Waals surface area contributed by atoms with Gasteiger partial charge in [0.05, 0.1) is 5.52 Å². The summed E-state index contributed by atoms with van der Waals surface area (Å²) in [6.45, 7) is 0. The lowest BCUT2D eigenvalue weighted by Gasteiger charge is -2.05. The number of aromatic nitrogens is 1. The molecule has 0 fully saturated rings. The molecule has 3 rings (SSSR count). The van der Waals surface area contributed by atoms with Crippen molar-refractivity contribution in [2.45, 2.75) is 0 Å². The zero-order chi connectivity index (χ0) is 12.7. The van der Waals surface area contributed by atoms with Gasteiger partial charge in [-0.15, -0.1) is 0 Å². The third-order valence-electron chi connectivity index (χ3n) is 3.12. The molecule has 0 aliphatic carbocycles. The van der Waals surface area contributed by atoms with Crippen molar-refractivity contribution in [3.05, 3.63) is 57.5 Å². The molecule has 3 aromatic rings. The summed E-state index contributed by atoms with van der Waals surface area (Å²) in [6.07, 6.45) is 0. The topological polar surface area (TPSA) is 4.93 Å². The van der Waals surface area contributed by atoms with Crippen molar-refractivity contribution in [2.24, 2.45) is 7.05 Å². The van der Waals surface area contributed by atoms with Gasteiger partial charge in [-0.1, -0.05) is 46.3 Å². The van der Waals surface area contributed by atoms with Crippen LogP contribution in [0.5, 0.6) is 0 Å². The molecular formula is C15H11Br2N. The van der Waals surface area contributed by atoms with Gasteiger partial charge in [0.15, 0.2) is 0 Å². The van der Waals surface area contributed by atoms with Crippen LogP contribution in [0.2, 0.25) is 0 Å². The average molecular weight is 365 g/mol. The molecule has 0 spiro atoms. The Kier molecular flexibility index (Phi) is 3.04. The van der Waals surface area contributed by atoms with Crippen molar-refractivity contribution in [1.29, 1.82) is 0 Å². The molecule has 0 amide bonds. The summed E-state index contributed by atoms with van der Waals surface area (Å²) in [5.74, 6) is 0. The second-order valence-corrected chi connectivity index (χ2v) is 6.05. The summed E-state index contributed by atoms with van der Waals surface area (Å²) in [5.41, 5.74) is 3.68. The van der Waals surface area contributed by atoms with Crippen LogP contribution < -0.4 is 0 Å². The standard InChI is InChI=1S/C15H11Br2N/c1-18-14(10-5-3-2-4-6-10)8-11-7-12(16)9-13(17)15(11)18/h2-9H,1H3. The van der Waals surface area contributed by atoms with E-state index in [0.717, 1.165) is 8.95 Å². The summed E-state index contributed by atoms with van der Waals surface area (Å²) in [7, 11) is 2.10. The highest BCUT2D eigenvalue weighted by molar-refractivity contribution is 9.11. The summed E-state index contributed by atoms with van der Waals surface area (Å²) >= 11 is 7.17. The number of hydrogen-bond acceptors (Lipinski definition) is 0. The van der Waals surface area contributed by atoms with E-state index in [4.69, 9.17) is 0 Å². The van der Waals surface area contributed by atoms with E-state index in [9.17, 15) is 0 Å². The Morgan fingerprint density at radius 1 is 0.944 bits per heavy atom. The Bertz CT molecular complexity index is 714. The Morgan fingerprint density at radius 2 is 1.67 bits per heavy atom. The fourth-order valence-corrected chi connectivity index (χ4v) is 3.82. The third-order valence-corrected chi connectivity index (χ3v) is 4.18. The second-order valence-electron chi connectivity index (χ2n) is 4.28. The zero-order valence-electron chi connectivity index (χ0n) is 9.82. The van der Waals surface area contributed by atoms with Crippen molar-refractivity contribution < 1.29 is 0 Å². The lowest BCUT2D eigenvalue weighted by molar-refractivity contribution is 0.976. The molecule has 0 N–H and O–H groups in total. The van der Waals surface area contributed by atoms with Crippen LogP contribution in [0.1, 0.15) is 0 Å². The number of halogens is 2. The molecule has 3 heteroatoms. The normalized spacial score (nSPS) is 11.1. The molecule has 0 aliphatic heterocycles. The van der Waals surface area contributed by atoms with Gasteiger partial charge in [0, 0.05) is 27.1 Å². The van der Waals surface area contributed by atoms with Gasteiger partial charge in [-0.05, 0) is 39.7 Å². The predicted molar refractivity (Wildman–Crippen MR) is 83.8 cm³/mol. The number of benzene rings is 2. The van der Waals surface area contributed by atoms with Gasteiger partial charge in [-0.25, -0.2) is 0 Å². The highest BCUT2D eigenvalue weighted by atomic mass is 79.9. The van der Waals surface area contributed by atoms with E-state index in [1.54, 1.807) is 0 Å². The first kappa shape index (κ1) is 12.0. The van der Waals surface area contributed by atoms with Crippen LogP contribution in [0.15, 0.2) is 57.5 Å². The second kappa shape index (κ2) is 4.56. The minimum absolute atomic E-state index is 1.09. The average Bonchev–Trinajstić information content (AvgIpc) is 2.67. The number of fused-ring (bicyclic) bond motifs is 1.